The van der Waals surface area contributed by atoms with E-state index in [1.165, 1.54) is 16.6 Å². The van der Waals surface area contributed by atoms with E-state index in [4.69, 9.17) is 11.6 Å². The van der Waals surface area contributed by atoms with Crippen molar-refractivity contribution in [2.45, 2.75) is 17.3 Å². The summed E-state index contributed by atoms with van der Waals surface area (Å²) in [6, 6.07) is 3.24. The highest BCUT2D eigenvalue weighted by molar-refractivity contribution is 7.89. The highest BCUT2D eigenvalue weighted by atomic mass is 35.5. The van der Waals surface area contributed by atoms with Crippen LogP contribution in [0, 0.1) is 0 Å². The van der Waals surface area contributed by atoms with E-state index in [9.17, 15) is 8.42 Å². The van der Waals surface area contributed by atoms with Gasteiger partial charge in [-0.05, 0) is 24.1 Å². The topological polar surface area (TPSA) is 50.3 Å². The third kappa shape index (κ3) is 2.00. The number of hydrogen-bond donors (Lipinski definition) is 0. The number of aromatic nitrogens is 1. The van der Waals surface area contributed by atoms with Crippen LogP contribution in [0.4, 0.5) is 0 Å². The van der Waals surface area contributed by atoms with Crippen molar-refractivity contribution < 1.29 is 8.42 Å². The summed E-state index contributed by atoms with van der Waals surface area (Å²) in [5.41, 5.74) is 0.769. The molecule has 6 heteroatoms. The normalized spacial score (nSPS) is 17.4. The first-order chi connectivity index (χ1) is 7.14. The van der Waals surface area contributed by atoms with Crippen molar-refractivity contribution in [3.8, 4) is 0 Å². The summed E-state index contributed by atoms with van der Waals surface area (Å²) in [4.78, 5) is 3.87. The zero-order valence-electron chi connectivity index (χ0n) is 8.06. The SMILES string of the molecule is O=S(=O)(c1cc(CCl)ccn1)N1CCC1. The molecule has 82 valence electrons. The molecule has 2 rings (SSSR count). The van der Waals surface area contributed by atoms with E-state index in [-0.39, 0.29) is 5.03 Å². The Labute approximate surface area is 93.9 Å². The zero-order valence-corrected chi connectivity index (χ0v) is 9.63. The lowest BCUT2D eigenvalue weighted by Gasteiger charge is -2.29. The van der Waals surface area contributed by atoms with Crippen molar-refractivity contribution in [2.24, 2.45) is 0 Å². The Hall–Kier alpha value is -0.650. The molecule has 1 aromatic rings. The maximum Gasteiger partial charge on any atom is 0.260 e. The number of hydrogen-bond acceptors (Lipinski definition) is 3. The second-order valence-corrected chi connectivity index (χ2v) is 5.55. The highest BCUT2D eigenvalue weighted by Crippen LogP contribution is 2.20. The third-order valence-electron chi connectivity index (χ3n) is 2.37. The largest absolute Gasteiger partial charge is 0.260 e. The molecule has 1 saturated heterocycles. The van der Waals surface area contributed by atoms with Crippen LogP contribution in [-0.2, 0) is 15.9 Å². The predicted molar refractivity (Wildman–Crippen MR) is 57.2 cm³/mol. The van der Waals surface area contributed by atoms with Gasteiger partial charge in [-0.2, -0.15) is 4.31 Å². The lowest BCUT2D eigenvalue weighted by molar-refractivity contribution is 0.308. The number of alkyl halides is 1. The molecule has 0 atom stereocenters. The van der Waals surface area contributed by atoms with E-state index in [1.54, 1.807) is 6.07 Å². The number of nitrogens with zero attached hydrogens (tertiary/aromatic N) is 2. The zero-order chi connectivity index (χ0) is 10.9. The molecule has 0 N–H and O–H groups in total. The van der Waals surface area contributed by atoms with Crippen LogP contribution in [0.5, 0.6) is 0 Å². The van der Waals surface area contributed by atoms with Crippen molar-refractivity contribution in [3.05, 3.63) is 23.9 Å². The van der Waals surface area contributed by atoms with Crippen LogP contribution in [0.1, 0.15) is 12.0 Å². The van der Waals surface area contributed by atoms with Crippen LogP contribution >= 0.6 is 11.6 Å². The van der Waals surface area contributed by atoms with Crippen LogP contribution in [0.25, 0.3) is 0 Å². The average molecular weight is 247 g/mol. The molecule has 2 heterocycles. The molecule has 1 aliphatic heterocycles. The summed E-state index contributed by atoms with van der Waals surface area (Å²) in [6.07, 6.45) is 2.40. The maximum atomic E-state index is 11.9. The van der Waals surface area contributed by atoms with Gasteiger partial charge >= 0.3 is 0 Å². The highest BCUT2D eigenvalue weighted by Gasteiger charge is 2.30. The summed E-state index contributed by atoms with van der Waals surface area (Å²) >= 11 is 5.64. The van der Waals surface area contributed by atoms with Crippen molar-refractivity contribution in [3.63, 3.8) is 0 Å². The Balaban J connectivity index is 2.35. The predicted octanol–water partition coefficient (Wildman–Crippen LogP) is 1.21. The molecular weight excluding hydrogens is 236 g/mol. The molecule has 15 heavy (non-hydrogen) atoms. The Morgan fingerprint density at radius 3 is 2.73 bits per heavy atom. The van der Waals surface area contributed by atoms with E-state index in [2.05, 4.69) is 4.98 Å². The molecule has 0 amide bonds. The Bertz CT molecular complexity index is 457. The van der Waals surface area contributed by atoms with Crippen molar-refractivity contribution in [1.82, 2.24) is 9.29 Å². The number of sulfonamides is 1. The minimum Gasteiger partial charge on any atom is -0.243 e. The van der Waals surface area contributed by atoms with Gasteiger partial charge in [0, 0.05) is 25.2 Å². The van der Waals surface area contributed by atoms with Crippen LogP contribution in [0.15, 0.2) is 23.4 Å². The number of halogens is 1. The first-order valence-electron chi connectivity index (χ1n) is 4.65. The van der Waals surface area contributed by atoms with E-state index in [0.717, 1.165) is 12.0 Å². The molecular formula is C9H11ClN2O2S. The number of rotatable bonds is 3. The molecule has 0 saturated carbocycles. The molecule has 1 aliphatic rings. The lowest BCUT2D eigenvalue weighted by atomic mass is 10.3. The van der Waals surface area contributed by atoms with E-state index < -0.39 is 10.0 Å². The fraction of sp³-hybridized carbons (Fsp3) is 0.444. The first-order valence-corrected chi connectivity index (χ1v) is 6.63. The van der Waals surface area contributed by atoms with Gasteiger partial charge < -0.3 is 0 Å². The Morgan fingerprint density at radius 2 is 2.20 bits per heavy atom. The Morgan fingerprint density at radius 1 is 1.47 bits per heavy atom. The van der Waals surface area contributed by atoms with Gasteiger partial charge in [-0.3, -0.25) is 0 Å². The third-order valence-corrected chi connectivity index (χ3v) is 4.48. The quantitative estimate of drug-likeness (QED) is 0.754. The van der Waals surface area contributed by atoms with Crippen molar-refractivity contribution in [2.75, 3.05) is 13.1 Å². The van der Waals surface area contributed by atoms with Crippen molar-refractivity contribution >= 4 is 21.6 Å². The van der Waals surface area contributed by atoms with Crippen LogP contribution in [0.2, 0.25) is 0 Å². The smallest absolute Gasteiger partial charge is 0.243 e. The maximum absolute atomic E-state index is 11.9. The van der Waals surface area contributed by atoms with Gasteiger partial charge in [-0.1, -0.05) is 0 Å². The van der Waals surface area contributed by atoms with Gasteiger partial charge in [0.05, 0.1) is 0 Å². The minimum atomic E-state index is -3.37. The first kappa shape index (κ1) is 10.9. The summed E-state index contributed by atoms with van der Waals surface area (Å²) in [5.74, 6) is 0.297. The molecule has 0 bridgehead atoms. The molecule has 0 unspecified atom stereocenters. The van der Waals surface area contributed by atoms with E-state index in [1.807, 2.05) is 0 Å². The number of pyridine rings is 1. The average Bonchev–Trinajstić information content (AvgIpc) is 2.14. The summed E-state index contributed by atoms with van der Waals surface area (Å²) in [7, 11) is -3.37. The molecule has 1 aromatic heterocycles. The van der Waals surface area contributed by atoms with Gasteiger partial charge in [0.1, 0.15) is 0 Å². The van der Waals surface area contributed by atoms with Gasteiger partial charge in [0.25, 0.3) is 10.0 Å². The van der Waals surface area contributed by atoms with Gasteiger partial charge in [0.2, 0.25) is 0 Å². The summed E-state index contributed by atoms with van der Waals surface area (Å²) in [6.45, 7) is 1.18. The Kier molecular flexibility index (Phi) is 2.95. The second kappa shape index (κ2) is 4.08. The summed E-state index contributed by atoms with van der Waals surface area (Å²) in [5, 5.41) is 0.0975. The minimum absolute atomic E-state index is 0.0975. The fourth-order valence-electron chi connectivity index (χ4n) is 1.33. The van der Waals surface area contributed by atoms with Gasteiger partial charge in [-0.15, -0.1) is 11.6 Å². The summed E-state index contributed by atoms with van der Waals surface area (Å²) < 4.78 is 25.2. The van der Waals surface area contributed by atoms with Gasteiger partial charge in [0.15, 0.2) is 5.03 Å². The molecule has 4 nitrogen and oxygen atoms in total. The van der Waals surface area contributed by atoms with Crippen molar-refractivity contribution in [1.29, 1.82) is 0 Å². The van der Waals surface area contributed by atoms with Crippen LogP contribution in [-0.4, -0.2) is 30.8 Å². The van der Waals surface area contributed by atoms with Crippen LogP contribution in [0.3, 0.4) is 0 Å². The monoisotopic (exact) mass is 246 g/mol. The standard InChI is InChI=1S/C9H11ClN2O2S/c10-7-8-2-3-11-9(6-8)15(13,14)12-4-1-5-12/h2-3,6H,1,4-5,7H2. The molecule has 0 spiro atoms. The molecule has 0 aromatic carbocycles. The van der Waals surface area contributed by atoms with E-state index >= 15 is 0 Å². The second-order valence-electron chi connectivity index (χ2n) is 3.39. The fourth-order valence-corrected chi connectivity index (χ4v) is 3.00. The molecule has 0 aliphatic carbocycles. The lowest BCUT2D eigenvalue weighted by Crippen LogP contribution is -2.42. The van der Waals surface area contributed by atoms with E-state index in [0.29, 0.717) is 19.0 Å². The molecule has 1 fully saturated rings. The van der Waals surface area contributed by atoms with Gasteiger partial charge in [-0.25, -0.2) is 13.4 Å². The van der Waals surface area contributed by atoms with Crippen LogP contribution < -0.4 is 0 Å². The molecule has 0 radical (unpaired) electrons.